The van der Waals surface area contributed by atoms with Gasteiger partial charge in [-0.25, -0.2) is 9.07 Å². The molecule has 0 saturated carbocycles. The summed E-state index contributed by atoms with van der Waals surface area (Å²) in [4.78, 5) is 12.1. The SMILES string of the molecule is O=Cc1cn(-c2ccc(F)cc2)nc1-c1cc(Br)cs1. The molecule has 3 aromatic rings. The van der Waals surface area contributed by atoms with Crippen molar-refractivity contribution in [1.29, 1.82) is 0 Å². The average Bonchev–Trinajstić information content (AvgIpc) is 3.05. The topological polar surface area (TPSA) is 34.9 Å². The monoisotopic (exact) mass is 350 g/mol. The van der Waals surface area contributed by atoms with Crippen molar-refractivity contribution in [1.82, 2.24) is 9.78 Å². The summed E-state index contributed by atoms with van der Waals surface area (Å²) < 4.78 is 15.5. The summed E-state index contributed by atoms with van der Waals surface area (Å²) in [5, 5.41) is 6.35. The number of benzene rings is 1. The molecule has 0 spiro atoms. The number of nitrogens with zero attached hydrogens (tertiary/aromatic N) is 2. The van der Waals surface area contributed by atoms with Crippen LogP contribution in [-0.4, -0.2) is 16.1 Å². The predicted molar refractivity (Wildman–Crippen MR) is 79.9 cm³/mol. The maximum absolute atomic E-state index is 12.9. The van der Waals surface area contributed by atoms with Crippen molar-refractivity contribution in [3.8, 4) is 16.3 Å². The van der Waals surface area contributed by atoms with Crippen LogP contribution in [0.1, 0.15) is 10.4 Å². The Kier molecular flexibility index (Phi) is 3.50. The predicted octanol–water partition coefficient (Wildman–Crippen LogP) is 4.31. The summed E-state index contributed by atoms with van der Waals surface area (Å²) in [5.74, 6) is -0.307. The molecule has 0 N–H and O–H groups in total. The van der Waals surface area contributed by atoms with E-state index in [0.29, 0.717) is 16.9 Å². The molecule has 6 heteroatoms. The van der Waals surface area contributed by atoms with Crippen molar-refractivity contribution >= 4 is 33.6 Å². The lowest BCUT2D eigenvalue weighted by Gasteiger charge is -1.99. The minimum absolute atomic E-state index is 0.307. The van der Waals surface area contributed by atoms with Gasteiger partial charge in [0.05, 0.1) is 16.1 Å². The van der Waals surface area contributed by atoms with Crippen molar-refractivity contribution in [2.24, 2.45) is 0 Å². The minimum Gasteiger partial charge on any atom is -0.298 e. The van der Waals surface area contributed by atoms with Crippen LogP contribution in [0, 0.1) is 5.82 Å². The molecule has 0 aliphatic rings. The maximum atomic E-state index is 12.9. The largest absolute Gasteiger partial charge is 0.298 e. The second kappa shape index (κ2) is 5.30. The van der Waals surface area contributed by atoms with Crippen LogP contribution >= 0.6 is 27.3 Å². The fraction of sp³-hybridized carbons (Fsp3) is 0. The van der Waals surface area contributed by atoms with E-state index in [1.807, 2.05) is 11.4 Å². The van der Waals surface area contributed by atoms with Crippen LogP contribution in [0.3, 0.4) is 0 Å². The zero-order chi connectivity index (χ0) is 14.1. The highest BCUT2D eigenvalue weighted by Crippen LogP contribution is 2.31. The number of aldehydes is 1. The number of halogens is 2. The lowest BCUT2D eigenvalue weighted by molar-refractivity contribution is 0.112. The molecule has 20 heavy (non-hydrogen) atoms. The molecule has 1 aromatic carbocycles. The number of carbonyl (C=O) groups is 1. The number of aromatic nitrogens is 2. The highest BCUT2D eigenvalue weighted by Gasteiger charge is 2.13. The fourth-order valence-electron chi connectivity index (χ4n) is 1.83. The third-order valence-corrected chi connectivity index (χ3v) is 4.46. The Morgan fingerprint density at radius 2 is 2.05 bits per heavy atom. The molecule has 0 aliphatic heterocycles. The molecule has 2 aromatic heterocycles. The normalized spacial score (nSPS) is 10.7. The van der Waals surface area contributed by atoms with Crippen molar-refractivity contribution in [2.45, 2.75) is 0 Å². The van der Waals surface area contributed by atoms with Crippen LogP contribution < -0.4 is 0 Å². The van der Waals surface area contributed by atoms with Crippen molar-refractivity contribution in [3.05, 3.63) is 57.8 Å². The van der Waals surface area contributed by atoms with Crippen LogP contribution in [0.5, 0.6) is 0 Å². The van der Waals surface area contributed by atoms with E-state index >= 15 is 0 Å². The number of rotatable bonds is 3. The van der Waals surface area contributed by atoms with Crippen molar-refractivity contribution < 1.29 is 9.18 Å². The first-order chi connectivity index (χ1) is 9.67. The molecule has 0 bridgehead atoms. The van der Waals surface area contributed by atoms with Gasteiger partial charge in [0.2, 0.25) is 0 Å². The van der Waals surface area contributed by atoms with E-state index in [-0.39, 0.29) is 5.82 Å². The fourth-order valence-corrected chi connectivity index (χ4v) is 3.26. The highest BCUT2D eigenvalue weighted by atomic mass is 79.9. The molecular formula is C14H8BrFN2OS. The van der Waals surface area contributed by atoms with Crippen LogP contribution in [0.4, 0.5) is 4.39 Å². The Morgan fingerprint density at radius 1 is 1.30 bits per heavy atom. The molecule has 0 atom stereocenters. The average molecular weight is 351 g/mol. The van der Waals surface area contributed by atoms with Gasteiger partial charge >= 0.3 is 0 Å². The second-order valence-corrected chi connectivity index (χ2v) is 5.93. The van der Waals surface area contributed by atoms with E-state index in [4.69, 9.17) is 0 Å². The molecule has 3 nitrogen and oxygen atoms in total. The van der Waals surface area contributed by atoms with E-state index in [9.17, 15) is 9.18 Å². The van der Waals surface area contributed by atoms with Crippen molar-refractivity contribution in [2.75, 3.05) is 0 Å². The highest BCUT2D eigenvalue weighted by molar-refractivity contribution is 9.10. The standard InChI is InChI=1S/C14H8BrFN2OS/c15-10-5-13(20-8-10)14-9(7-19)6-18(17-14)12-3-1-11(16)2-4-12/h1-8H. The zero-order valence-electron chi connectivity index (χ0n) is 10.1. The van der Waals surface area contributed by atoms with Gasteiger partial charge in [-0.05, 0) is 46.3 Å². The lowest BCUT2D eigenvalue weighted by atomic mass is 10.2. The van der Waals surface area contributed by atoms with Gasteiger partial charge in [0.25, 0.3) is 0 Å². The summed E-state index contributed by atoms with van der Waals surface area (Å²) in [6.45, 7) is 0. The Morgan fingerprint density at radius 3 is 2.65 bits per heavy atom. The van der Waals surface area contributed by atoms with Gasteiger partial charge in [-0.3, -0.25) is 4.79 Å². The summed E-state index contributed by atoms with van der Waals surface area (Å²) in [6.07, 6.45) is 2.42. The molecule has 0 unspecified atom stereocenters. The van der Waals surface area contributed by atoms with Gasteiger partial charge in [0.1, 0.15) is 11.5 Å². The van der Waals surface area contributed by atoms with Crippen LogP contribution in [0.15, 0.2) is 46.4 Å². The van der Waals surface area contributed by atoms with E-state index < -0.39 is 0 Å². The van der Waals surface area contributed by atoms with Gasteiger partial charge in [-0.2, -0.15) is 5.10 Å². The zero-order valence-corrected chi connectivity index (χ0v) is 12.5. The number of carbonyl (C=O) groups excluding carboxylic acids is 1. The summed E-state index contributed by atoms with van der Waals surface area (Å²) in [6, 6.07) is 7.86. The smallest absolute Gasteiger partial charge is 0.153 e. The summed E-state index contributed by atoms with van der Waals surface area (Å²) >= 11 is 4.88. The molecule has 0 amide bonds. The molecule has 100 valence electrons. The number of hydrogen-bond donors (Lipinski definition) is 0. The summed E-state index contributed by atoms with van der Waals surface area (Å²) in [7, 11) is 0. The Hall–Kier alpha value is -1.79. The van der Waals surface area contributed by atoms with Crippen molar-refractivity contribution in [3.63, 3.8) is 0 Å². The molecular weight excluding hydrogens is 343 g/mol. The molecule has 0 fully saturated rings. The summed E-state index contributed by atoms with van der Waals surface area (Å²) in [5.41, 5.74) is 1.83. The first kappa shape index (κ1) is 13.2. The molecule has 0 aliphatic carbocycles. The number of hydrogen-bond acceptors (Lipinski definition) is 3. The van der Waals surface area contributed by atoms with Gasteiger partial charge in [-0.15, -0.1) is 11.3 Å². The molecule has 2 heterocycles. The number of thiophene rings is 1. The van der Waals surface area contributed by atoms with E-state index in [2.05, 4.69) is 21.0 Å². The second-order valence-electron chi connectivity index (χ2n) is 4.10. The third kappa shape index (κ3) is 2.44. The first-order valence-electron chi connectivity index (χ1n) is 5.72. The maximum Gasteiger partial charge on any atom is 0.153 e. The van der Waals surface area contributed by atoms with Gasteiger partial charge in [0.15, 0.2) is 6.29 Å². The van der Waals surface area contributed by atoms with Crippen LogP contribution in [-0.2, 0) is 0 Å². The van der Waals surface area contributed by atoms with Crippen LogP contribution in [0.2, 0.25) is 0 Å². The molecule has 0 radical (unpaired) electrons. The Bertz CT molecular complexity index is 764. The van der Waals surface area contributed by atoms with Gasteiger partial charge in [0, 0.05) is 16.0 Å². The van der Waals surface area contributed by atoms with Gasteiger partial charge in [-0.1, -0.05) is 0 Å². The van der Waals surface area contributed by atoms with Crippen LogP contribution in [0.25, 0.3) is 16.3 Å². The van der Waals surface area contributed by atoms with E-state index in [1.54, 1.807) is 23.0 Å². The van der Waals surface area contributed by atoms with Gasteiger partial charge < -0.3 is 0 Å². The quantitative estimate of drug-likeness (QED) is 0.659. The Labute approximate surface area is 126 Å². The van der Waals surface area contributed by atoms with E-state index in [0.717, 1.165) is 15.6 Å². The third-order valence-electron chi connectivity index (χ3n) is 2.76. The molecule has 0 saturated heterocycles. The Balaban J connectivity index is 2.09. The molecule has 3 rings (SSSR count). The van der Waals surface area contributed by atoms with E-state index in [1.165, 1.54) is 23.5 Å². The lowest BCUT2D eigenvalue weighted by Crippen LogP contribution is -1.94. The first-order valence-corrected chi connectivity index (χ1v) is 7.40. The minimum atomic E-state index is -0.307.